The fourth-order valence-electron chi connectivity index (χ4n) is 1.43. The van der Waals surface area contributed by atoms with Crippen molar-refractivity contribution in [1.29, 1.82) is 0 Å². The molecule has 0 aliphatic carbocycles. The van der Waals surface area contributed by atoms with Gasteiger partial charge in [-0.05, 0) is 35.8 Å². The smallest absolute Gasteiger partial charge is 0.193 e. The number of hydrogen-bond acceptors (Lipinski definition) is 1. The van der Waals surface area contributed by atoms with E-state index in [4.69, 9.17) is 16.0 Å². The second-order valence-electron chi connectivity index (χ2n) is 6.09. The molecule has 0 amide bonds. The van der Waals surface area contributed by atoms with E-state index in [9.17, 15) is 0 Å². The van der Waals surface area contributed by atoms with E-state index in [2.05, 4.69) is 40.4 Å². The molecular weight excluding hydrogens is 260 g/mol. The van der Waals surface area contributed by atoms with Crippen LogP contribution in [0.25, 0.3) is 0 Å². The van der Waals surface area contributed by atoms with Crippen LogP contribution in [0.4, 0.5) is 0 Å². The molecule has 0 radical (unpaired) electrons. The van der Waals surface area contributed by atoms with Crippen LogP contribution in [0, 0.1) is 0 Å². The van der Waals surface area contributed by atoms with Gasteiger partial charge in [-0.15, -0.1) is 6.58 Å². The lowest BCUT2D eigenvalue weighted by Gasteiger charge is -2.38. The Balaban J connectivity index is 2.96. The minimum atomic E-state index is -1.80. The Hall–Kier alpha value is -0.573. The molecule has 1 rings (SSSR count). The topological polar surface area (TPSA) is 9.23 Å². The largest absolute Gasteiger partial charge is 0.407 e. The van der Waals surface area contributed by atoms with Crippen molar-refractivity contribution in [2.24, 2.45) is 0 Å². The van der Waals surface area contributed by atoms with E-state index in [1.165, 1.54) is 0 Å². The summed E-state index contributed by atoms with van der Waals surface area (Å²) in [4.78, 5) is 0. The average Bonchev–Trinajstić information content (AvgIpc) is 2.24. The van der Waals surface area contributed by atoms with Gasteiger partial charge in [-0.25, -0.2) is 0 Å². The molecule has 0 spiro atoms. The maximum Gasteiger partial charge on any atom is 0.193 e. The normalized spacial score (nSPS) is 14.3. The molecule has 1 nitrogen and oxygen atoms in total. The lowest BCUT2D eigenvalue weighted by atomic mass is 10.1. The Morgan fingerprint density at radius 1 is 1.33 bits per heavy atom. The predicted molar refractivity (Wildman–Crippen MR) is 82.7 cm³/mol. The summed E-state index contributed by atoms with van der Waals surface area (Å²) in [5, 5.41) is 0.922. The molecule has 0 aliphatic rings. The Morgan fingerprint density at radius 3 is 2.39 bits per heavy atom. The van der Waals surface area contributed by atoms with Gasteiger partial charge in [-0.1, -0.05) is 50.6 Å². The molecule has 0 fully saturated rings. The second-order valence-corrected chi connectivity index (χ2v) is 11.3. The van der Waals surface area contributed by atoms with Crippen molar-refractivity contribution in [1.82, 2.24) is 0 Å². The third-order valence-electron chi connectivity index (χ3n) is 3.62. The molecule has 0 aliphatic heterocycles. The summed E-state index contributed by atoms with van der Waals surface area (Å²) in [6.45, 7) is 15.1. The number of rotatable bonds is 4. The zero-order valence-corrected chi connectivity index (χ0v) is 13.7. The molecule has 0 aromatic heterocycles. The number of benzene rings is 1. The van der Waals surface area contributed by atoms with Gasteiger partial charge >= 0.3 is 0 Å². The Morgan fingerprint density at radius 2 is 1.94 bits per heavy atom. The first-order valence-corrected chi connectivity index (χ1v) is 9.52. The Labute approximate surface area is 117 Å². The van der Waals surface area contributed by atoms with Crippen LogP contribution in [-0.2, 0) is 4.43 Å². The van der Waals surface area contributed by atoms with Crippen LogP contribution in [-0.4, -0.2) is 8.32 Å². The van der Waals surface area contributed by atoms with Crippen molar-refractivity contribution in [3.05, 3.63) is 47.5 Å². The third kappa shape index (κ3) is 3.71. The summed E-state index contributed by atoms with van der Waals surface area (Å²) >= 11 is 6.03. The average molecular weight is 283 g/mol. The highest BCUT2D eigenvalue weighted by molar-refractivity contribution is 6.74. The standard InChI is InChI=1S/C15H23ClOSi/c1-7-14(12-9-8-10-13(16)11-12)17-18(5,6)15(2,3)4/h7-11,14H,1H2,2-6H3/t14-/m0/s1. The quantitative estimate of drug-likeness (QED) is 0.517. The number of hydrogen-bond donors (Lipinski definition) is 0. The molecule has 0 bridgehead atoms. The third-order valence-corrected chi connectivity index (χ3v) is 8.31. The van der Waals surface area contributed by atoms with Gasteiger partial charge in [0.15, 0.2) is 8.32 Å². The highest BCUT2D eigenvalue weighted by Gasteiger charge is 2.38. The molecule has 0 saturated heterocycles. The maximum atomic E-state index is 6.35. The van der Waals surface area contributed by atoms with Crippen molar-refractivity contribution in [2.45, 2.75) is 45.0 Å². The SMILES string of the molecule is C=C[C@H](O[Si](C)(C)C(C)(C)C)c1cccc(Cl)c1. The summed E-state index contributed by atoms with van der Waals surface area (Å²) < 4.78 is 6.35. The molecular formula is C15H23ClOSi. The minimum Gasteiger partial charge on any atom is -0.407 e. The summed E-state index contributed by atoms with van der Waals surface area (Å²) in [5.41, 5.74) is 1.07. The predicted octanol–water partition coefficient (Wildman–Crippen LogP) is 5.59. The van der Waals surface area contributed by atoms with Crippen molar-refractivity contribution in [3.8, 4) is 0 Å². The van der Waals surface area contributed by atoms with E-state index in [0.717, 1.165) is 10.6 Å². The van der Waals surface area contributed by atoms with Crippen LogP contribution in [0.5, 0.6) is 0 Å². The Kier molecular flexibility index (Phi) is 4.82. The lowest BCUT2D eigenvalue weighted by Crippen LogP contribution is -2.41. The monoisotopic (exact) mass is 282 g/mol. The molecule has 1 atom stereocenters. The molecule has 0 heterocycles. The van der Waals surface area contributed by atoms with Crippen LogP contribution in [0.2, 0.25) is 23.2 Å². The van der Waals surface area contributed by atoms with Crippen LogP contribution in [0.1, 0.15) is 32.4 Å². The van der Waals surface area contributed by atoms with E-state index in [1.807, 2.05) is 30.3 Å². The first kappa shape index (κ1) is 15.5. The van der Waals surface area contributed by atoms with Crippen LogP contribution in [0.3, 0.4) is 0 Å². The van der Waals surface area contributed by atoms with E-state index in [0.29, 0.717) is 0 Å². The first-order valence-electron chi connectivity index (χ1n) is 6.23. The van der Waals surface area contributed by atoms with Gasteiger partial charge in [0, 0.05) is 5.02 Å². The van der Waals surface area contributed by atoms with Crippen LogP contribution < -0.4 is 0 Å². The number of halogens is 1. The Bertz CT molecular complexity index is 421. The lowest BCUT2D eigenvalue weighted by molar-refractivity contribution is 0.230. The molecule has 18 heavy (non-hydrogen) atoms. The molecule has 1 aromatic rings. The van der Waals surface area contributed by atoms with Crippen molar-refractivity contribution in [2.75, 3.05) is 0 Å². The maximum absolute atomic E-state index is 6.35. The van der Waals surface area contributed by atoms with Crippen molar-refractivity contribution >= 4 is 19.9 Å². The first-order chi connectivity index (χ1) is 8.17. The fraction of sp³-hybridized carbons (Fsp3) is 0.467. The van der Waals surface area contributed by atoms with E-state index in [1.54, 1.807) is 0 Å². The summed E-state index contributed by atoms with van der Waals surface area (Å²) in [7, 11) is -1.80. The van der Waals surface area contributed by atoms with Crippen molar-refractivity contribution < 1.29 is 4.43 Å². The van der Waals surface area contributed by atoms with Gasteiger partial charge in [0.1, 0.15) is 0 Å². The van der Waals surface area contributed by atoms with Gasteiger partial charge in [0.2, 0.25) is 0 Å². The van der Waals surface area contributed by atoms with Gasteiger partial charge in [-0.3, -0.25) is 0 Å². The molecule has 0 saturated carbocycles. The van der Waals surface area contributed by atoms with Gasteiger partial charge in [-0.2, -0.15) is 0 Å². The second kappa shape index (κ2) is 5.60. The van der Waals surface area contributed by atoms with E-state index in [-0.39, 0.29) is 11.1 Å². The highest BCUT2D eigenvalue weighted by atomic mass is 35.5. The van der Waals surface area contributed by atoms with Gasteiger partial charge in [0.25, 0.3) is 0 Å². The van der Waals surface area contributed by atoms with Crippen LogP contribution in [0.15, 0.2) is 36.9 Å². The fourth-order valence-corrected chi connectivity index (χ4v) is 2.85. The summed E-state index contributed by atoms with van der Waals surface area (Å²) in [5.74, 6) is 0. The molecule has 100 valence electrons. The van der Waals surface area contributed by atoms with Crippen molar-refractivity contribution in [3.63, 3.8) is 0 Å². The van der Waals surface area contributed by atoms with Gasteiger partial charge in [0.05, 0.1) is 6.10 Å². The molecule has 0 N–H and O–H groups in total. The van der Waals surface area contributed by atoms with Gasteiger partial charge < -0.3 is 4.43 Å². The zero-order chi connectivity index (χ0) is 14.0. The molecule has 0 unspecified atom stereocenters. The molecule has 3 heteroatoms. The highest BCUT2D eigenvalue weighted by Crippen LogP contribution is 2.40. The molecule has 1 aromatic carbocycles. The zero-order valence-electron chi connectivity index (χ0n) is 12.0. The van der Waals surface area contributed by atoms with E-state index < -0.39 is 8.32 Å². The van der Waals surface area contributed by atoms with Crippen LogP contribution >= 0.6 is 11.6 Å². The summed E-state index contributed by atoms with van der Waals surface area (Å²) in [6.07, 6.45) is 1.77. The summed E-state index contributed by atoms with van der Waals surface area (Å²) in [6, 6.07) is 7.80. The minimum absolute atomic E-state index is 0.0791. The van der Waals surface area contributed by atoms with E-state index >= 15 is 0 Å².